The summed E-state index contributed by atoms with van der Waals surface area (Å²) in [5.74, 6) is 0. The second kappa shape index (κ2) is 4.39. The Morgan fingerprint density at radius 1 is 0.947 bits per heavy atom. The summed E-state index contributed by atoms with van der Waals surface area (Å²) in [5, 5.41) is 0.293. The lowest BCUT2D eigenvalue weighted by molar-refractivity contribution is 0.696. The van der Waals surface area contributed by atoms with Gasteiger partial charge >= 0.3 is 4.70 Å². The molecule has 0 bridgehead atoms. The fourth-order valence-electron chi connectivity index (χ4n) is 4.09. The van der Waals surface area contributed by atoms with Crippen LogP contribution in [0.15, 0.2) is 24.3 Å². The van der Waals surface area contributed by atoms with Gasteiger partial charge in [0.05, 0.1) is 0 Å². The number of halogens is 2. The first-order valence-electron chi connectivity index (χ1n) is 6.93. The zero-order valence-corrected chi connectivity index (χ0v) is 15.2. The van der Waals surface area contributed by atoms with Crippen LogP contribution in [0.1, 0.15) is 47.1 Å². The van der Waals surface area contributed by atoms with Gasteiger partial charge in [0.15, 0.2) is 0 Å². The SMILES string of the molecule is CC(C)(C)[P+]1(C(C)(C)C)Cc2ccccc2[B-]1(Cl)Cl. The van der Waals surface area contributed by atoms with E-state index in [0.29, 0.717) is 0 Å². The molecular formula is C15H24BCl2P. The molecule has 0 aliphatic carbocycles. The number of rotatable bonds is 0. The zero-order chi connectivity index (χ0) is 14.7. The first-order chi connectivity index (χ1) is 8.45. The van der Waals surface area contributed by atoms with Crippen LogP contribution in [-0.2, 0) is 6.16 Å². The average Bonchev–Trinajstić information content (AvgIpc) is 2.47. The van der Waals surface area contributed by atoms with E-state index in [1.807, 2.05) is 0 Å². The molecule has 0 saturated carbocycles. The fraction of sp³-hybridized carbons (Fsp3) is 0.600. The quantitative estimate of drug-likeness (QED) is 0.441. The Hall–Kier alpha value is 0.295. The van der Waals surface area contributed by atoms with E-state index in [-0.39, 0.29) is 10.3 Å². The monoisotopic (exact) mass is 316 g/mol. The van der Waals surface area contributed by atoms with Gasteiger partial charge in [-0.25, -0.2) is 0 Å². The lowest BCUT2D eigenvalue weighted by atomic mass is 9.87. The molecule has 0 unspecified atom stereocenters. The van der Waals surface area contributed by atoms with E-state index in [1.54, 1.807) is 0 Å². The molecule has 1 heterocycles. The summed E-state index contributed by atoms with van der Waals surface area (Å²) in [6.45, 7) is 13.9. The molecule has 0 spiro atoms. The lowest BCUT2D eigenvalue weighted by Crippen LogP contribution is -2.48. The summed E-state index contributed by atoms with van der Waals surface area (Å²) < 4.78 is -1.51. The molecule has 0 nitrogen and oxygen atoms in total. The second-order valence-corrected chi connectivity index (χ2v) is 15.3. The van der Waals surface area contributed by atoms with Crippen LogP contribution >= 0.6 is 30.1 Å². The lowest BCUT2D eigenvalue weighted by Gasteiger charge is -2.56. The van der Waals surface area contributed by atoms with Crippen LogP contribution in [0.4, 0.5) is 0 Å². The minimum Gasteiger partial charge on any atom is -0.314 e. The highest BCUT2D eigenvalue weighted by molar-refractivity contribution is 8.24. The van der Waals surface area contributed by atoms with E-state index >= 15 is 0 Å². The Bertz CT molecular complexity index is 484. The van der Waals surface area contributed by atoms with Crippen LogP contribution in [0.2, 0.25) is 0 Å². The topological polar surface area (TPSA) is 0 Å². The first kappa shape index (κ1) is 15.7. The van der Waals surface area contributed by atoms with Gasteiger partial charge in [-0.15, -0.1) is 5.46 Å². The highest BCUT2D eigenvalue weighted by Crippen LogP contribution is 2.86. The van der Waals surface area contributed by atoms with Gasteiger partial charge in [-0.1, -0.05) is 31.4 Å². The van der Waals surface area contributed by atoms with Crippen LogP contribution in [0.5, 0.6) is 0 Å². The van der Waals surface area contributed by atoms with Crippen molar-refractivity contribution < 1.29 is 0 Å². The number of benzene rings is 1. The second-order valence-electron chi connectivity index (χ2n) is 7.69. The minimum atomic E-state index is -1.61. The molecule has 0 atom stereocenters. The molecule has 1 aliphatic heterocycles. The summed E-state index contributed by atoms with van der Waals surface area (Å²) in [6, 6.07) is 8.50. The molecule has 106 valence electrons. The smallest absolute Gasteiger partial charge is 0.314 e. The fourth-order valence-corrected chi connectivity index (χ4v) is 15.1. The van der Waals surface area contributed by atoms with E-state index in [9.17, 15) is 0 Å². The maximum Gasteiger partial charge on any atom is 0.356 e. The van der Waals surface area contributed by atoms with Crippen molar-refractivity contribution >= 4 is 40.2 Å². The predicted molar refractivity (Wildman–Crippen MR) is 93.7 cm³/mol. The number of fused-ring (bicyclic) bond motifs is 1. The molecule has 2 rings (SSSR count). The number of hydrogen-bond donors (Lipinski definition) is 0. The summed E-state index contributed by atoms with van der Waals surface area (Å²) in [6.07, 6.45) is 1.07. The summed E-state index contributed by atoms with van der Waals surface area (Å²) >= 11 is 14.1. The van der Waals surface area contributed by atoms with Crippen LogP contribution < -0.4 is 5.46 Å². The standard InChI is InChI=1S/C15H24BCl2P/c1-14(2,3)19(15(4,5)6)11-12-9-7-8-10-13(12)16(19,17)18/h7-10H,11H2,1-6H3. The van der Waals surface area contributed by atoms with E-state index < -0.39 is 11.8 Å². The summed E-state index contributed by atoms with van der Waals surface area (Å²) in [7, 11) is -1.61. The molecule has 1 aromatic carbocycles. The molecule has 1 aromatic rings. The van der Waals surface area contributed by atoms with Crippen molar-refractivity contribution in [2.24, 2.45) is 0 Å². The maximum atomic E-state index is 7.07. The first-order valence-corrected chi connectivity index (χ1v) is 9.84. The van der Waals surface area contributed by atoms with Gasteiger partial charge < -0.3 is 22.9 Å². The van der Waals surface area contributed by atoms with Crippen molar-refractivity contribution in [3.63, 3.8) is 0 Å². The van der Waals surface area contributed by atoms with Crippen molar-refractivity contribution in [3.8, 4) is 0 Å². The number of hydrogen-bond acceptors (Lipinski definition) is 0. The van der Waals surface area contributed by atoms with Gasteiger partial charge in [0, 0.05) is 16.5 Å². The van der Waals surface area contributed by atoms with Gasteiger partial charge in [-0.2, -0.15) is 0 Å². The zero-order valence-electron chi connectivity index (χ0n) is 12.8. The molecule has 0 saturated heterocycles. The van der Waals surface area contributed by atoms with E-state index in [4.69, 9.17) is 22.9 Å². The Kier molecular flexibility index (Phi) is 3.63. The minimum absolute atomic E-state index is 0.147. The Labute approximate surface area is 128 Å². The summed E-state index contributed by atoms with van der Waals surface area (Å²) in [4.78, 5) is 0. The molecule has 0 aromatic heterocycles. The van der Waals surface area contributed by atoms with E-state index in [0.717, 1.165) is 6.16 Å². The molecule has 4 heteroatoms. The Balaban J connectivity index is 2.75. The third kappa shape index (κ3) is 2.00. The molecule has 0 fully saturated rings. The van der Waals surface area contributed by atoms with Crippen molar-refractivity contribution in [3.05, 3.63) is 29.8 Å². The van der Waals surface area contributed by atoms with Crippen LogP contribution in [-0.4, -0.2) is 15.0 Å². The van der Waals surface area contributed by atoms with Gasteiger partial charge in [0.25, 0.3) is 0 Å². The van der Waals surface area contributed by atoms with Gasteiger partial charge in [0.2, 0.25) is 0 Å². The molecule has 19 heavy (non-hydrogen) atoms. The van der Waals surface area contributed by atoms with Crippen molar-refractivity contribution in [1.29, 1.82) is 0 Å². The molecule has 1 aliphatic rings. The maximum absolute atomic E-state index is 7.07. The van der Waals surface area contributed by atoms with Crippen molar-refractivity contribution in [2.75, 3.05) is 0 Å². The highest BCUT2D eigenvalue weighted by atomic mass is 35.5. The van der Waals surface area contributed by atoms with Crippen LogP contribution in [0.25, 0.3) is 0 Å². The molecule has 0 N–H and O–H groups in total. The molecule has 0 radical (unpaired) electrons. The van der Waals surface area contributed by atoms with Gasteiger partial charge in [-0.3, -0.25) is 0 Å². The van der Waals surface area contributed by atoms with Gasteiger partial charge in [-0.05, 0) is 47.1 Å². The molecule has 0 amide bonds. The third-order valence-corrected chi connectivity index (χ3v) is 14.3. The Morgan fingerprint density at radius 3 is 1.84 bits per heavy atom. The third-order valence-electron chi connectivity index (χ3n) is 4.80. The van der Waals surface area contributed by atoms with Gasteiger partial charge in [0.1, 0.15) is 0 Å². The largest absolute Gasteiger partial charge is 0.356 e. The summed E-state index contributed by atoms with van der Waals surface area (Å²) in [5.41, 5.74) is 2.56. The average molecular weight is 317 g/mol. The normalized spacial score (nSPS) is 21.3. The van der Waals surface area contributed by atoms with Crippen molar-refractivity contribution in [1.82, 2.24) is 0 Å². The Morgan fingerprint density at radius 2 is 1.42 bits per heavy atom. The van der Waals surface area contributed by atoms with Crippen molar-refractivity contribution in [2.45, 2.75) is 58.0 Å². The van der Waals surface area contributed by atoms with E-state index in [1.165, 1.54) is 11.0 Å². The highest BCUT2D eigenvalue weighted by Gasteiger charge is 2.67. The predicted octanol–water partition coefficient (Wildman–Crippen LogP) is 5.44. The van der Waals surface area contributed by atoms with Crippen LogP contribution in [0.3, 0.4) is 0 Å². The van der Waals surface area contributed by atoms with E-state index in [2.05, 4.69) is 65.8 Å². The van der Waals surface area contributed by atoms with Crippen LogP contribution in [0, 0.1) is 0 Å². The molecular weight excluding hydrogens is 293 g/mol.